The molecule has 0 unspecified atom stereocenters. The number of hydrogen-bond donors (Lipinski definition) is 0. The lowest BCUT2D eigenvalue weighted by Gasteiger charge is -2.41. The highest BCUT2D eigenvalue weighted by Gasteiger charge is 2.56. The van der Waals surface area contributed by atoms with Crippen LogP contribution in [0.5, 0.6) is 11.5 Å². The van der Waals surface area contributed by atoms with Gasteiger partial charge in [0.05, 0.1) is 36.6 Å². The fraction of sp³-hybridized carbons (Fsp3) is 0.333. The summed E-state index contributed by atoms with van der Waals surface area (Å²) in [7, 11) is 3.39. The molecule has 262 valence electrons. The maximum Gasteiger partial charge on any atom is 0.263 e. The average molecular weight is 785 g/mol. The predicted molar refractivity (Wildman–Crippen MR) is 218 cm³/mol. The van der Waals surface area contributed by atoms with Crippen LogP contribution in [0.3, 0.4) is 0 Å². The van der Waals surface area contributed by atoms with Crippen molar-refractivity contribution in [3.05, 3.63) is 79.0 Å². The van der Waals surface area contributed by atoms with Gasteiger partial charge in [0, 0.05) is 49.8 Å². The maximum atomic E-state index is 9.40. The van der Waals surface area contributed by atoms with E-state index in [4.69, 9.17) is 16.0 Å². The summed E-state index contributed by atoms with van der Waals surface area (Å²) in [5.41, 5.74) is 6.42. The topological polar surface area (TPSA) is 94.2 Å². The van der Waals surface area contributed by atoms with Crippen molar-refractivity contribution < 1.29 is 9.47 Å². The Kier molecular flexibility index (Phi) is 8.50. The Labute approximate surface area is 328 Å². The number of methoxy groups -OCH3 is 2. The van der Waals surface area contributed by atoms with Crippen molar-refractivity contribution in [2.24, 2.45) is 0 Å². The molecule has 11 heteroatoms. The molecule has 0 aliphatic heterocycles. The Hall–Kier alpha value is -4.46. The van der Waals surface area contributed by atoms with Crippen LogP contribution in [0.4, 0.5) is 0 Å². The van der Waals surface area contributed by atoms with E-state index in [0.717, 1.165) is 31.0 Å². The molecule has 4 aliphatic carbocycles. The quantitative estimate of drug-likeness (QED) is 0.126. The number of nitrogens with zero attached hydrogens (tertiary/aromatic N) is 4. The lowest BCUT2D eigenvalue weighted by molar-refractivity contribution is 0.326. The van der Waals surface area contributed by atoms with Crippen LogP contribution in [0, 0.1) is 40.6 Å². The van der Waals surface area contributed by atoms with Gasteiger partial charge in [-0.15, -0.1) is 56.7 Å². The molecule has 4 aliphatic rings. The summed E-state index contributed by atoms with van der Waals surface area (Å²) < 4.78 is 11.8. The van der Waals surface area contributed by atoms with Crippen molar-refractivity contribution in [1.29, 1.82) is 15.8 Å². The monoisotopic (exact) mass is 784 g/mol. The summed E-state index contributed by atoms with van der Waals surface area (Å²) in [6.45, 7) is 7.36. The summed E-state index contributed by atoms with van der Waals surface area (Å²) in [6.07, 6.45) is 15.5. The molecular formula is C42H32N4O2S5. The van der Waals surface area contributed by atoms with E-state index in [-0.39, 0.29) is 22.1 Å². The number of fused-ring (bicyclic) bond motifs is 11. The molecule has 0 bridgehead atoms. The van der Waals surface area contributed by atoms with Gasteiger partial charge in [0.15, 0.2) is 0 Å². The SMILES string of the molecule is [C-]#[N+]/C(C#N)=C/c1cc(OC)c(-c2cc3c(s2)-c2sc4c(c2C32CCCCC2)C2(CCCCC2)c2cc(-c3sc(C=C(C#N)C#N)cc3OC)sc2-4)s1. The Morgan fingerprint density at radius 3 is 1.51 bits per heavy atom. The normalized spacial score (nSPS) is 17.2. The smallest absolute Gasteiger partial charge is 0.263 e. The summed E-state index contributed by atoms with van der Waals surface area (Å²) in [5, 5.41) is 28.2. The minimum atomic E-state index is 0.00470. The zero-order valence-corrected chi connectivity index (χ0v) is 33.3. The average Bonchev–Trinajstić information content (AvgIpc) is 4.05. The summed E-state index contributed by atoms with van der Waals surface area (Å²) in [5.74, 6) is 1.56. The minimum Gasteiger partial charge on any atom is -0.495 e. The maximum absolute atomic E-state index is 9.40. The van der Waals surface area contributed by atoms with Crippen LogP contribution in [0.15, 0.2) is 35.5 Å². The first-order valence-electron chi connectivity index (χ1n) is 17.8. The first-order valence-corrected chi connectivity index (χ1v) is 21.8. The predicted octanol–water partition coefficient (Wildman–Crippen LogP) is 13.0. The summed E-state index contributed by atoms with van der Waals surface area (Å²) in [6, 6.07) is 14.8. The second kappa shape index (κ2) is 13.1. The third kappa shape index (κ3) is 5.06. The molecule has 0 radical (unpaired) electrons. The molecule has 5 aromatic rings. The highest BCUT2D eigenvalue weighted by atomic mass is 32.1. The molecule has 2 saturated carbocycles. The Balaban J connectivity index is 1.22. The zero-order chi connectivity index (χ0) is 36.5. The summed E-state index contributed by atoms with van der Waals surface area (Å²) in [4.78, 5) is 15.3. The van der Waals surface area contributed by atoms with Gasteiger partial charge in [-0.1, -0.05) is 38.5 Å². The standard InChI is InChI=1S/C42H32N4O2S5/c1-46-24(22-45)15-26-17-30(48-3)38(50-26)32-19-28-36(52-32)40-34(42(28)12-8-5-9-13-42)33-39(53-40)35-27(41(33)10-6-4-7-11-41)18-31(51-35)37-29(47-2)16-25(49-37)14-23(20-43)21-44/h14-19H,4-13H2,2-3H3/b24-15+. The lowest BCUT2D eigenvalue weighted by Crippen LogP contribution is -2.34. The summed E-state index contributed by atoms with van der Waals surface area (Å²) >= 11 is 8.94. The van der Waals surface area contributed by atoms with Crippen molar-refractivity contribution >= 4 is 68.8 Å². The van der Waals surface area contributed by atoms with Gasteiger partial charge < -0.3 is 9.47 Å². The largest absolute Gasteiger partial charge is 0.495 e. The van der Waals surface area contributed by atoms with Crippen LogP contribution in [0.2, 0.25) is 0 Å². The van der Waals surface area contributed by atoms with Gasteiger partial charge in [-0.25, -0.2) is 10.1 Å². The first kappa shape index (κ1) is 34.3. The van der Waals surface area contributed by atoms with E-state index in [2.05, 4.69) is 17.0 Å². The van der Waals surface area contributed by atoms with Gasteiger partial charge in [0.1, 0.15) is 29.2 Å². The fourth-order valence-corrected chi connectivity index (χ4v) is 16.0. The molecule has 0 saturated heterocycles. The Morgan fingerprint density at radius 2 is 1.09 bits per heavy atom. The van der Waals surface area contributed by atoms with Gasteiger partial charge in [-0.2, -0.15) is 10.5 Å². The van der Waals surface area contributed by atoms with E-state index in [1.807, 2.05) is 64.4 Å². The zero-order valence-electron chi connectivity index (χ0n) is 29.2. The van der Waals surface area contributed by atoms with Crippen molar-refractivity contribution in [2.45, 2.75) is 75.0 Å². The molecule has 9 rings (SSSR count). The van der Waals surface area contributed by atoms with E-state index in [9.17, 15) is 15.8 Å². The van der Waals surface area contributed by atoms with Crippen LogP contribution in [-0.2, 0) is 10.8 Å². The van der Waals surface area contributed by atoms with E-state index in [0.29, 0.717) is 0 Å². The van der Waals surface area contributed by atoms with Crippen LogP contribution < -0.4 is 9.47 Å². The number of thiophene rings is 5. The van der Waals surface area contributed by atoms with Crippen LogP contribution in [0.25, 0.3) is 56.0 Å². The molecule has 0 atom stereocenters. The number of nitriles is 3. The first-order chi connectivity index (χ1) is 25.9. The third-order valence-corrected chi connectivity index (χ3v) is 17.8. The molecule has 6 nitrogen and oxygen atoms in total. The molecule has 5 aromatic heterocycles. The minimum absolute atomic E-state index is 0.00470. The van der Waals surface area contributed by atoms with Gasteiger partial charge in [0.25, 0.3) is 5.70 Å². The fourth-order valence-electron chi connectivity index (χ4n) is 9.37. The van der Waals surface area contributed by atoms with Crippen molar-refractivity contribution in [2.75, 3.05) is 14.2 Å². The van der Waals surface area contributed by atoms with Gasteiger partial charge in [0.2, 0.25) is 0 Å². The third-order valence-electron chi connectivity index (χ3n) is 11.6. The second-order valence-corrected chi connectivity index (χ2v) is 19.4. The Bertz CT molecular complexity index is 2360. The van der Waals surface area contributed by atoms with Gasteiger partial charge in [-0.3, -0.25) is 0 Å². The van der Waals surface area contributed by atoms with Crippen LogP contribution in [0.1, 0.15) is 96.2 Å². The number of hydrogen-bond acceptors (Lipinski definition) is 10. The molecule has 2 fully saturated rings. The van der Waals surface area contributed by atoms with E-state index in [1.54, 1.807) is 60.2 Å². The molecule has 53 heavy (non-hydrogen) atoms. The molecule has 0 N–H and O–H groups in total. The molecule has 0 amide bonds. The number of ether oxygens (including phenoxy) is 2. The highest BCUT2D eigenvalue weighted by Crippen LogP contribution is 2.71. The highest BCUT2D eigenvalue weighted by molar-refractivity contribution is 7.30. The molecular weight excluding hydrogens is 753 g/mol. The van der Waals surface area contributed by atoms with E-state index >= 15 is 0 Å². The van der Waals surface area contributed by atoms with Crippen LogP contribution in [-0.4, -0.2) is 14.2 Å². The number of rotatable bonds is 6. The second-order valence-electron chi connectivity index (χ2n) is 14.1. The van der Waals surface area contributed by atoms with E-state index < -0.39 is 0 Å². The molecule has 5 heterocycles. The van der Waals surface area contributed by atoms with E-state index in [1.165, 1.54) is 105 Å². The number of allylic oxidation sites excluding steroid dienone is 2. The Morgan fingerprint density at radius 1 is 0.623 bits per heavy atom. The molecule has 2 spiro atoms. The lowest BCUT2D eigenvalue weighted by atomic mass is 9.61. The van der Waals surface area contributed by atoms with Gasteiger partial charge in [-0.05, 0) is 84.4 Å². The van der Waals surface area contributed by atoms with Crippen molar-refractivity contribution in [1.82, 2.24) is 0 Å². The van der Waals surface area contributed by atoms with Gasteiger partial charge >= 0.3 is 0 Å². The van der Waals surface area contributed by atoms with Crippen LogP contribution >= 0.6 is 56.7 Å². The van der Waals surface area contributed by atoms with Crippen molar-refractivity contribution in [3.8, 4) is 68.7 Å². The van der Waals surface area contributed by atoms with Crippen molar-refractivity contribution in [3.63, 3.8) is 0 Å². The molecule has 0 aromatic carbocycles.